The lowest BCUT2D eigenvalue weighted by atomic mass is 9.94. The van der Waals surface area contributed by atoms with Crippen molar-refractivity contribution in [3.63, 3.8) is 0 Å². The van der Waals surface area contributed by atoms with Crippen molar-refractivity contribution in [2.75, 3.05) is 7.11 Å². The zero-order valence-corrected chi connectivity index (χ0v) is 11.7. The highest BCUT2D eigenvalue weighted by atomic mass is 16.5. The second-order valence-corrected chi connectivity index (χ2v) is 5.29. The Labute approximate surface area is 116 Å². The molecule has 108 valence electrons. The van der Waals surface area contributed by atoms with Crippen LogP contribution in [0.5, 0.6) is 5.75 Å². The van der Waals surface area contributed by atoms with Crippen LogP contribution in [0.15, 0.2) is 33.5 Å². The fourth-order valence-corrected chi connectivity index (χ4v) is 2.00. The summed E-state index contributed by atoms with van der Waals surface area (Å²) in [7, 11) is 1.50. The topological polar surface area (TPSA) is 79.9 Å². The van der Waals surface area contributed by atoms with Crippen LogP contribution in [0.1, 0.15) is 19.4 Å². The zero-order valence-electron chi connectivity index (χ0n) is 11.7. The minimum Gasteiger partial charge on any atom is -0.496 e. The molecule has 2 N–H and O–H groups in total. The highest BCUT2D eigenvalue weighted by Crippen LogP contribution is 2.29. The smallest absolute Gasteiger partial charge is 0.336 e. The third-order valence-corrected chi connectivity index (χ3v) is 3.28. The fourth-order valence-electron chi connectivity index (χ4n) is 2.00. The first-order chi connectivity index (χ1) is 9.32. The summed E-state index contributed by atoms with van der Waals surface area (Å²) in [5.74, 6) is 0.509. The van der Waals surface area contributed by atoms with Crippen LogP contribution in [0.4, 0.5) is 0 Å². The van der Waals surface area contributed by atoms with Crippen LogP contribution < -0.4 is 10.4 Å². The maximum absolute atomic E-state index is 11.4. The average molecular weight is 278 g/mol. The van der Waals surface area contributed by atoms with Crippen molar-refractivity contribution < 1.29 is 19.4 Å². The molecule has 1 heterocycles. The van der Waals surface area contributed by atoms with Crippen molar-refractivity contribution in [1.29, 1.82) is 0 Å². The molecule has 5 heteroatoms. The van der Waals surface area contributed by atoms with Gasteiger partial charge in [-0.15, -0.1) is 0 Å². The summed E-state index contributed by atoms with van der Waals surface area (Å²) in [6, 6.07) is 6.51. The molecule has 1 atom stereocenters. The van der Waals surface area contributed by atoms with Gasteiger partial charge in [0.1, 0.15) is 11.3 Å². The van der Waals surface area contributed by atoms with Crippen molar-refractivity contribution in [2.24, 2.45) is 0 Å². The van der Waals surface area contributed by atoms with Gasteiger partial charge < -0.3 is 19.4 Å². The Hall–Kier alpha value is -1.85. The Bertz CT molecular complexity index is 666. The van der Waals surface area contributed by atoms with E-state index in [0.717, 1.165) is 5.39 Å². The molecule has 0 spiro atoms. The summed E-state index contributed by atoms with van der Waals surface area (Å²) in [5, 5.41) is 20.7. The van der Waals surface area contributed by atoms with Crippen LogP contribution >= 0.6 is 0 Å². The number of aliphatic hydroxyl groups excluding tert-OH is 1. The Kier molecular flexibility index (Phi) is 3.83. The average Bonchev–Trinajstić information content (AvgIpc) is 2.38. The monoisotopic (exact) mass is 278 g/mol. The maximum atomic E-state index is 11.4. The van der Waals surface area contributed by atoms with Crippen LogP contribution in [0.25, 0.3) is 11.0 Å². The van der Waals surface area contributed by atoms with Gasteiger partial charge in [0.15, 0.2) is 0 Å². The van der Waals surface area contributed by atoms with Crippen molar-refractivity contribution in [1.82, 2.24) is 0 Å². The van der Waals surface area contributed by atoms with Crippen LogP contribution in [-0.2, 0) is 6.42 Å². The van der Waals surface area contributed by atoms with E-state index in [4.69, 9.17) is 9.15 Å². The number of aliphatic hydroxyl groups is 2. The third kappa shape index (κ3) is 2.84. The SMILES string of the molecule is COc1ccc2ccc(=O)oc2c1C[C@H](O)C(C)(C)O. The van der Waals surface area contributed by atoms with Gasteiger partial charge in [-0.25, -0.2) is 4.79 Å². The van der Waals surface area contributed by atoms with Crippen molar-refractivity contribution in [2.45, 2.75) is 32.0 Å². The van der Waals surface area contributed by atoms with Crippen LogP contribution in [0, 0.1) is 0 Å². The van der Waals surface area contributed by atoms with Crippen molar-refractivity contribution in [3.8, 4) is 5.75 Å². The number of benzene rings is 1. The lowest BCUT2D eigenvalue weighted by molar-refractivity contribution is -0.0470. The lowest BCUT2D eigenvalue weighted by Crippen LogP contribution is -2.37. The molecule has 0 saturated carbocycles. The van der Waals surface area contributed by atoms with Crippen LogP contribution in [-0.4, -0.2) is 29.0 Å². The maximum Gasteiger partial charge on any atom is 0.336 e. The third-order valence-electron chi connectivity index (χ3n) is 3.28. The summed E-state index contributed by atoms with van der Waals surface area (Å²) in [6.07, 6.45) is -0.885. The largest absolute Gasteiger partial charge is 0.496 e. The molecule has 0 fully saturated rings. The minimum atomic E-state index is -1.26. The number of rotatable bonds is 4. The second kappa shape index (κ2) is 5.26. The molecule has 1 aromatic carbocycles. The van der Waals surface area contributed by atoms with Gasteiger partial charge in [0.25, 0.3) is 0 Å². The molecular weight excluding hydrogens is 260 g/mol. The molecule has 2 rings (SSSR count). The van der Waals surface area contributed by atoms with Gasteiger partial charge in [-0.1, -0.05) is 0 Å². The Morgan fingerprint density at radius 2 is 1.95 bits per heavy atom. The van der Waals surface area contributed by atoms with E-state index in [9.17, 15) is 15.0 Å². The molecule has 20 heavy (non-hydrogen) atoms. The molecule has 5 nitrogen and oxygen atoms in total. The molecular formula is C15H18O5. The van der Waals surface area contributed by atoms with Gasteiger partial charge in [0.05, 0.1) is 18.8 Å². The van der Waals surface area contributed by atoms with Crippen LogP contribution in [0.3, 0.4) is 0 Å². The van der Waals surface area contributed by atoms with E-state index in [1.54, 1.807) is 18.2 Å². The van der Waals surface area contributed by atoms with E-state index in [2.05, 4.69) is 0 Å². The molecule has 2 aromatic rings. The summed E-state index contributed by atoms with van der Waals surface area (Å²) >= 11 is 0. The summed E-state index contributed by atoms with van der Waals surface area (Å²) < 4.78 is 10.5. The Balaban J connectivity index is 2.59. The molecule has 0 radical (unpaired) electrons. The van der Waals surface area contributed by atoms with E-state index in [1.807, 2.05) is 0 Å². The molecule has 0 amide bonds. The van der Waals surface area contributed by atoms with Gasteiger partial charge in [-0.2, -0.15) is 0 Å². The molecule has 0 unspecified atom stereocenters. The first kappa shape index (κ1) is 14.6. The zero-order chi connectivity index (χ0) is 14.9. The highest BCUT2D eigenvalue weighted by molar-refractivity contribution is 5.82. The normalized spacial score (nSPS) is 13.4. The molecule has 0 aliphatic heterocycles. The first-order valence-electron chi connectivity index (χ1n) is 6.33. The highest BCUT2D eigenvalue weighted by Gasteiger charge is 2.27. The molecule has 0 aliphatic carbocycles. The Morgan fingerprint density at radius 1 is 1.30 bits per heavy atom. The minimum absolute atomic E-state index is 0.122. The molecule has 0 saturated heterocycles. The Morgan fingerprint density at radius 3 is 2.55 bits per heavy atom. The molecule has 1 aromatic heterocycles. The summed E-state index contributed by atoms with van der Waals surface area (Å²) in [5.41, 5.74) is -0.787. The quantitative estimate of drug-likeness (QED) is 0.828. The van der Waals surface area contributed by atoms with E-state index >= 15 is 0 Å². The first-order valence-corrected chi connectivity index (χ1v) is 6.33. The standard InChI is InChI=1S/C15H18O5/c1-15(2,18)12(16)8-10-11(19-3)6-4-9-5-7-13(17)20-14(9)10/h4-7,12,16,18H,8H2,1-3H3/t12-/m0/s1. The van der Waals surface area contributed by atoms with Gasteiger partial charge in [-0.05, 0) is 32.0 Å². The second-order valence-electron chi connectivity index (χ2n) is 5.29. The van der Waals surface area contributed by atoms with Crippen LogP contribution in [0.2, 0.25) is 0 Å². The number of methoxy groups -OCH3 is 1. The van der Waals surface area contributed by atoms with E-state index < -0.39 is 17.3 Å². The summed E-state index contributed by atoms with van der Waals surface area (Å²) in [4.78, 5) is 11.4. The predicted octanol–water partition coefficient (Wildman–Crippen LogP) is 1.48. The number of fused-ring (bicyclic) bond motifs is 1. The predicted molar refractivity (Wildman–Crippen MR) is 75.0 cm³/mol. The lowest BCUT2D eigenvalue weighted by Gasteiger charge is -2.25. The van der Waals surface area contributed by atoms with E-state index in [-0.39, 0.29) is 6.42 Å². The van der Waals surface area contributed by atoms with Gasteiger partial charge in [0.2, 0.25) is 0 Å². The fraction of sp³-hybridized carbons (Fsp3) is 0.400. The van der Waals surface area contributed by atoms with Gasteiger partial charge in [-0.3, -0.25) is 0 Å². The summed E-state index contributed by atoms with van der Waals surface area (Å²) in [6.45, 7) is 3.04. The van der Waals surface area contributed by atoms with Crippen molar-refractivity contribution >= 4 is 11.0 Å². The van der Waals surface area contributed by atoms with Gasteiger partial charge >= 0.3 is 5.63 Å². The number of ether oxygens (including phenoxy) is 1. The molecule has 0 bridgehead atoms. The number of hydrogen-bond acceptors (Lipinski definition) is 5. The van der Waals surface area contributed by atoms with Gasteiger partial charge in [0, 0.05) is 23.4 Å². The van der Waals surface area contributed by atoms with Crippen molar-refractivity contribution in [3.05, 3.63) is 40.2 Å². The van der Waals surface area contributed by atoms with E-state index in [1.165, 1.54) is 27.0 Å². The molecule has 0 aliphatic rings. The number of hydrogen-bond donors (Lipinski definition) is 2. The van der Waals surface area contributed by atoms with E-state index in [0.29, 0.717) is 16.9 Å².